The molecule has 1 heterocycles. The van der Waals surface area contributed by atoms with Gasteiger partial charge in [0, 0.05) is 43.7 Å². The van der Waals surface area contributed by atoms with Crippen molar-refractivity contribution in [3.05, 3.63) is 64.1 Å². The topological polar surface area (TPSA) is 35.9 Å². The summed E-state index contributed by atoms with van der Waals surface area (Å²) in [5, 5.41) is 10.2. The molecule has 2 aromatic carbocycles. The van der Waals surface area contributed by atoms with E-state index in [1.54, 1.807) is 0 Å². The van der Waals surface area contributed by atoms with Gasteiger partial charge in [-0.15, -0.1) is 0 Å². The van der Waals surface area contributed by atoms with Crippen LogP contribution in [-0.4, -0.2) is 60.3 Å². The number of benzene rings is 2. The minimum absolute atomic E-state index is 0.153. The van der Waals surface area contributed by atoms with Gasteiger partial charge in [0.05, 0.1) is 0 Å². The average Bonchev–Trinajstić information content (AvgIpc) is 2.63. The van der Waals surface area contributed by atoms with Gasteiger partial charge in [0.25, 0.3) is 0 Å². The van der Waals surface area contributed by atoms with Crippen molar-refractivity contribution in [2.75, 3.05) is 39.3 Å². The van der Waals surface area contributed by atoms with Gasteiger partial charge < -0.3 is 9.84 Å². The maximum Gasteiger partial charge on any atom is 0.190 e. The first-order valence-electron chi connectivity index (χ1n) is 8.95. The van der Waals surface area contributed by atoms with Gasteiger partial charge in [-0.25, -0.2) is 8.78 Å². The third-order valence-corrected chi connectivity index (χ3v) is 5.02. The molecule has 0 bridgehead atoms. The van der Waals surface area contributed by atoms with Gasteiger partial charge in [0.2, 0.25) is 0 Å². The van der Waals surface area contributed by atoms with Gasteiger partial charge in [-0.2, -0.15) is 0 Å². The number of aliphatic hydroxyl groups is 1. The molecule has 0 unspecified atom stereocenters. The van der Waals surface area contributed by atoms with E-state index in [0.717, 1.165) is 44.9 Å². The molecule has 7 heteroatoms. The molecule has 0 aliphatic carbocycles. The molecule has 0 saturated carbocycles. The summed E-state index contributed by atoms with van der Waals surface area (Å²) in [6, 6.07) is 12.6. The summed E-state index contributed by atoms with van der Waals surface area (Å²) >= 11 is 3.02. The van der Waals surface area contributed by atoms with Crippen LogP contribution < -0.4 is 4.74 Å². The van der Waals surface area contributed by atoms with Gasteiger partial charge >= 0.3 is 0 Å². The normalized spacial score (nSPS) is 17.0. The van der Waals surface area contributed by atoms with Crippen LogP contribution in [0.4, 0.5) is 8.78 Å². The van der Waals surface area contributed by atoms with Crippen LogP contribution in [0.15, 0.2) is 46.9 Å². The molecular weight excluding hydrogens is 418 g/mol. The van der Waals surface area contributed by atoms with E-state index in [-0.39, 0.29) is 6.61 Å². The van der Waals surface area contributed by atoms with E-state index in [4.69, 9.17) is 4.74 Å². The second kappa shape index (κ2) is 9.59. The van der Waals surface area contributed by atoms with Crippen LogP contribution in [0.3, 0.4) is 0 Å². The Hall–Kier alpha value is -1.54. The molecule has 0 spiro atoms. The number of aliphatic hydroxyl groups excluding tert-OH is 1. The van der Waals surface area contributed by atoms with E-state index in [1.165, 1.54) is 5.56 Å². The molecule has 3 rings (SSSR count). The summed E-state index contributed by atoms with van der Waals surface area (Å²) in [5.74, 6) is -2.03. The predicted octanol–water partition coefficient (Wildman–Crippen LogP) is 3.28. The minimum Gasteiger partial charge on any atom is -0.485 e. The quantitative estimate of drug-likeness (QED) is 0.716. The van der Waals surface area contributed by atoms with E-state index in [9.17, 15) is 13.9 Å². The molecule has 1 saturated heterocycles. The fraction of sp³-hybridized carbons (Fsp3) is 0.400. The summed E-state index contributed by atoms with van der Waals surface area (Å²) in [4.78, 5) is 4.52. The molecule has 0 aromatic heterocycles. The third-order valence-electron chi connectivity index (χ3n) is 4.57. The van der Waals surface area contributed by atoms with Crippen LogP contribution in [0.5, 0.6) is 5.75 Å². The van der Waals surface area contributed by atoms with Crippen molar-refractivity contribution >= 4 is 15.9 Å². The molecule has 146 valence electrons. The smallest absolute Gasteiger partial charge is 0.190 e. The lowest BCUT2D eigenvalue weighted by Crippen LogP contribution is -2.48. The molecule has 1 N–H and O–H groups in total. The van der Waals surface area contributed by atoms with Crippen molar-refractivity contribution < 1.29 is 18.6 Å². The van der Waals surface area contributed by atoms with Crippen LogP contribution >= 0.6 is 15.9 Å². The average molecular weight is 441 g/mol. The monoisotopic (exact) mass is 440 g/mol. The highest BCUT2D eigenvalue weighted by atomic mass is 79.9. The van der Waals surface area contributed by atoms with E-state index < -0.39 is 23.5 Å². The number of hydrogen-bond acceptors (Lipinski definition) is 4. The molecule has 1 aliphatic rings. The Balaban J connectivity index is 1.41. The Morgan fingerprint density at radius 2 is 1.59 bits per heavy atom. The molecule has 1 fully saturated rings. The molecule has 1 aliphatic heterocycles. The summed E-state index contributed by atoms with van der Waals surface area (Å²) < 4.78 is 33.0. The lowest BCUT2D eigenvalue weighted by atomic mass is 10.2. The van der Waals surface area contributed by atoms with Gasteiger partial charge in [0.1, 0.15) is 12.7 Å². The molecule has 1 atom stereocenters. The van der Waals surface area contributed by atoms with Gasteiger partial charge in [-0.3, -0.25) is 9.80 Å². The summed E-state index contributed by atoms with van der Waals surface area (Å²) in [5.41, 5.74) is 1.29. The zero-order valence-electron chi connectivity index (χ0n) is 15.0. The van der Waals surface area contributed by atoms with Crippen LogP contribution in [-0.2, 0) is 6.54 Å². The van der Waals surface area contributed by atoms with Crippen LogP contribution in [0, 0.1) is 11.6 Å². The Labute approximate surface area is 166 Å². The predicted molar refractivity (Wildman–Crippen MR) is 104 cm³/mol. The molecule has 27 heavy (non-hydrogen) atoms. The first kappa shape index (κ1) is 20.2. The van der Waals surface area contributed by atoms with E-state index in [1.807, 2.05) is 18.2 Å². The molecule has 0 amide bonds. The lowest BCUT2D eigenvalue weighted by Gasteiger charge is -2.35. The maximum absolute atomic E-state index is 13.7. The second-order valence-corrected chi connectivity index (χ2v) is 7.64. The fourth-order valence-electron chi connectivity index (χ4n) is 3.17. The number of β-amino-alcohol motifs (C(OH)–C–C–N with tert-alkyl or cyclic N) is 1. The first-order chi connectivity index (χ1) is 13.0. The Kier molecular flexibility index (Phi) is 7.18. The largest absolute Gasteiger partial charge is 0.485 e. The number of rotatable bonds is 7. The molecule has 0 radical (unpaired) electrons. The van der Waals surface area contributed by atoms with Crippen molar-refractivity contribution in [1.82, 2.24) is 9.80 Å². The van der Waals surface area contributed by atoms with Gasteiger partial charge in [0.15, 0.2) is 17.4 Å². The van der Waals surface area contributed by atoms with E-state index in [2.05, 4.69) is 37.9 Å². The van der Waals surface area contributed by atoms with Crippen LogP contribution in [0.25, 0.3) is 0 Å². The van der Waals surface area contributed by atoms with Crippen molar-refractivity contribution in [2.24, 2.45) is 0 Å². The van der Waals surface area contributed by atoms with Crippen molar-refractivity contribution in [1.29, 1.82) is 0 Å². The maximum atomic E-state index is 13.7. The van der Waals surface area contributed by atoms with Gasteiger partial charge in [-0.1, -0.05) is 46.3 Å². The van der Waals surface area contributed by atoms with E-state index >= 15 is 0 Å². The highest BCUT2D eigenvalue weighted by Gasteiger charge is 2.20. The van der Waals surface area contributed by atoms with Crippen molar-refractivity contribution in [3.63, 3.8) is 0 Å². The highest BCUT2D eigenvalue weighted by Crippen LogP contribution is 2.26. The Morgan fingerprint density at radius 1 is 1.00 bits per heavy atom. The fourth-order valence-corrected chi connectivity index (χ4v) is 3.57. The number of nitrogens with zero attached hydrogens (tertiary/aromatic N) is 2. The van der Waals surface area contributed by atoms with E-state index in [0.29, 0.717) is 11.0 Å². The standard InChI is InChI=1S/C20H23BrF2N2O2/c21-16-10-18(22)20(19(23)11-16)27-14-17(26)13-25-8-6-24(7-9-25)12-15-4-2-1-3-5-15/h1-5,10-11,17,26H,6-9,12-14H2/t17-/m1/s1. The van der Waals surface area contributed by atoms with Crippen molar-refractivity contribution in [3.8, 4) is 5.75 Å². The summed E-state index contributed by atoms with van der Waals surface area (Å²) in [7, 11) is 0. The van der Waals surface area contributed by atoms with Crippen LogP contribution in [0.2, 0.25) is 0 Å². The SMILES string of the molecule is O[C@@H](COc1c(F)cc(Br)cc1F)CN1CCN(Cc2ccccc2)CC1. The highest BCUT2D eigenvalue weighted by molar-refractivity contribution is 9.10. The molecule has 4 nitrogen and oxygen atoms in total. The lowest BCUT2D eigenvalue weighted by molar-refractivity contribution is 0.0428. The summed E-state index contributed by atoms with van der Waals surface area (Å²) in [6.07, 6.45) is -0.812. The Morgan fingerprint density at radius 3 is 2.22 bits per heavy atom. The number of hydrogen-bond donors (Lipinski definition) is 1. The third kappa shape index (κ3) is 5.97. The van der Waals surface area contributed by atoms with Crippen LogP contribution in [0.1, 0.15) is 5.56 Å². The number of halogens is 3. The zero-order valence-corrected chi connectivity index (χ0v) is 16.5. The second-order valence-electron chi connectivity index (χ2n) is 6.73. The number of ether oxygens (including phenoxy) is 1. The van der Waals surface area contributed by atoms with Crippen molar-refractivity contribution in [2.45, 2.75) is 12.6 Å². The minimum atomic E-state index is -0.812. The molecular formula is C20H23BrF2N2O2. The molecule has 2 aromatic rings. The summed E-state index contributed by atoms with van der Waals surface area (Å²) in [6.45, 7) is 4.69. The zero-order chi connectivity index (χ0) is 19.2. The van der Waals surface area contributed by atoms with Gasteiger partial charge in [-0.05, 0) is 17.7 Å². The number of piperazine rings is 1. The first-order valence-corrected chi connectivity index (χ1v) is 9.74. The Bertz CT molecular complexity index is 717.